The van der Waals surface area contributed by atoms with E-state index in [9.17, 15) is 13.9 Å². The van der Waals surface area contributed by atoms with Crippen molar-refractivity contribution in [2.24, 2.45) is 0 Å². The second-order valence-electron chi connectivity index (χ2n) is 7.82. The molecule has 162 valence electrons. The number of aromatic nitrogens is 2. The highest BCUT2D eigenvalue weighted by molar-refractivity contribution is 5.41. The Morgan fingerprint density at radius 3 is 2.13 bits per heavy atom. The van der Waals surface area contributed by atoms with Gasteiger partial charge in [-0.1, -0.05) is 24.3 Å². The molecular formula is C24H25F2N3O2. The number of ether oxygens (including phenoxy) is 1. The van der Waals surface area contributed by atoms with Gasteiger partial charge in [0, 0.05) is 61.8 Å². The van der Waals surface area contributed by atoms with Crippen molar-refractivity contribution in [3.63, 3.8) is 0 Å². The largest absolute Gasteiger partial charge is 0.497 e. The fraction of sp³-hybridized carbons (Fsp3) is 0.333. The summed E-state index contributed by atoms with van der Waals surface area (Å²) in [5.41, 5.74) is 0.322. The zero-order chi connectivity index (χ0) is 21.9. The number of alkyl halides is 2. The van der Waals surface area contributed by atoms with Gasteiger partial charge in [-0.25, -0.2) is 8.78 Å². The number of piperidine rings is 1. The van der Waals surface area contributed by atoms with Crippen molar-refractivity contribution in [2.45, 2.75) is 30.4 Å². The van der Waals surface area contributed by atoms with E-state index in [2.05, 4.69) is 9.97 Å². The van der Waals surface area contributed by atoms with Crippen molar-refractivity contribution in [1.82, 2.24) is 14.9 Å². The highest BCUT2D eigenvalue weighted by Crippen LogP contribution is 2.46. The van der Waals surface area contributed by atoms with Crippen molar-refractivity contribution in [3.05, 3.63) is 90.0 Å². The van der Waals surface area contributed by atoms with Crippen LogP contribution in [0.5, 0.6) is 5.75 Å². The van der Waals surface area contributed by atoms with Crippen LogP contribution in [-0.4, -0.2) is 46.1 Å². The van der Waals surface area contributed by atoms with Crippen LogP contribution in [0.25, 0.3) is 0 Å². The number of aliphatic hydroxyl groups is 1. The molecule has 1 unspecified atom stereocenters. The Hall–Kier alpha value is -2.90. The Balaban J connectivity index is 1.90. The third-order valence-corrected chi connectivity index (χ3v) is 5.90. The van der Waals surface area contributed by atoms with Crippen molar-refractivity contribution in [3.8, 4) is 5.75 Å². The summed E-state index contributed by atoms with van der Waals surface area (Å²) in [7, 11) is 1.57. The van der Waals surface area contributed by atoms with E-state index in [0.29, 0.717) is 16.9 Å². The first-order chi connectivity index (χ1) is 14.9. The van der Waals surface area contributed by atoms with Crippen LogP contribution in [0.4, 0.5) is 8.78 Å². The lowest BCUT2D eigenvalue weighted by Gasteiger charge is -2.46. The molecule has 1 aliphatic rings. The van der Waals surface area contributed by atoms with E-state index in [1.165, 1.54) is 0 Å². The predicted octanol–water partition coefficient (Wildman–Crippen LogP) is 4.19. The molecule has 2 aromatic heterocycles. The Bertz CT molecular complexity index is 952. The van der Waals surface area contributed by atoms with Gasteiger partial charge in [-0.3, -0.25) is 14.9 Å². The quantitative estimate of drug-likeness (QED) is 0.642. The molecule has 5 nitrogen and oxygen atoms in total. The maximum atomic E-state index is 14.0. The van der Waals surface area contributed by atoms with Gasteiger partial charge in [0.25, 0.3) is 5.92 Å². The van der Waals surface area contributed by atoms with Gasteiger partial charge in [-0.05, 0) is 29.8 Å². The van der Waals surface area contributed by atoms with Crippen LogP contribution in [0.1, 0.15) is 35.6 Å². The predicted molar refractivity (Wildman–Crippen MR) is 113 cm³/mol. The second-order valence-corrected chi connectivity index (χ2v) is 7.82. The number of halogens is 2. The molecule has 1 fully saturated rings. The van der Waals surface area contributed by atoms with Crippen molar-refractivity contribution in [2.75, 3.05) is 20.2 Å². The van der Waals surface area contributed by atoms with E-state index in [0.717, 1.165) is 5.56 Å². The molecule has 7 heteroatoms. The summed E-state index contributed by atoms with van der Waals surface area (Å²) in [5.74, 6) is -2.07. The first-order valence-electron chi connectivity index (χ1n) is 10.2. The van der Waals surface area contributed by atoms with Gasteiger partial charge in [-0.15, -0.1) is 0 Å². The molecule has 0 saturated carbocycles. The minimum atomic E-state index is -2.70. The molecule has 0 aliphatic carbocycles. The van der Waals surface area contributed by atoms with Gasteiger partial charge in [0.2, 0.25) is 0 Å². The average Bonchev–Trinajstić information content (AvgIpc) is 2.81. The molecule has 0 spiro atoms. The van der Waals surface area contributed by atoms with Gasteiger partial charge >= 0.3 is 0 Å². The van der Waals surface area contributed by atoms with Crippen LogP contribution < -0.4 is 4.74 Å². The number of nitrogens with zero attached hydrogens (tertiary/aromatic N) is 3. The maximum absolute atomic E-state index is 14.0. The van der Waals surface area contributed by atoms with Gasteiger partial charge in [0.1, 0.15) is 11.4 Å². The molecule has 1 saturated heterocycles. The summed E-state index contributed by atoms with van der Waals surface area (Å²) in [6.45, 7) is 0.301. The summed E-state index contributed by atoms with van der Waals surface area (Å²) in [6.07, 6.45) is 5.97. The number of rotatable bonds is 6. The highest BCUT2D eigenvalue weighted by atomic mass is 19.3. The lowest BCUT2D eigenvalue weighted by Crippen LogP contribution is -2.49. The minimum Gasteiger partial charge on any atom is -0.497 e. The van der Waals surface area contributed by atoms with Crippen LogP contribution in [0, 0.1) is 0 Å². The number of hydrogen-bond acceptors (Lipinski definition) is 5. The van der Waals surface area contributed by atoms with Crippen LogP contribution in [0.3, 0.4) is 0 Å². The normalized spacial score (nSPS) is 17.8. The van der Waals surface area contributed by atoms with Crippen LogP contribution in [0.15, 0.2) is 73.3 Å². The molecule has 1 N–H and O–H groups in total. The van der Waals surface area contributed by atoms with E-state index < -0.39 is 17.6 Å². The number of hydrogen-bond donors (Lipinski definition) is 1. The molecule has 1 aliphatic heterocycles. The molecule has 4 rings (SSSR count). The fourth-order valence-electron chi connectivity index (χ4n) is 4.30. The maximum Gasteiger partial charge on any atom is 0.250 e. The molecule has 3 aromatic rings. The summed E-state index contributed by atoms with van der Waals surface area (Å²) in [4.78, 5) is 10.3. The number of pyridine rings is 2. The molecule has 3 heterocycles. The molecule has 0 radical (unpaired) electrons. The van der Waals surface area contributed by atoms with Crippen molar-refractivity contribution < 1.29 is 18.6 Å². The zero-order valence-electron chi connectivity index (χ0n) is 17.3. The van der Waals surface area contributed by atoms with E-state index in [-0.39, 0.29) is 25.9 Å². The van der Waals surface area contributed by atoms with Gasteiger partial charge in [-0.2, -0.15) is 0 Å². The molecular weight excluding hydrogens is 400 g/mol. The van der Waals surface area contributed by atoms with Crippen molar-refractivity contribution >= 4 is 0 Å². The van der Waals surface area contributed by atoms with E-state index in [1.54, 1.807) is 56.2 Å². The lowest BCUT2D eigenvalue weighted by atomic mass is 9.77. The Labute approximate surface area is 180 Å². The number of likely N-dealkylation sites (tertiary alicyclic amines) is 1. The average molecular weight is 425 g/mol. The summed E-state index contributed by atoms with van der Waals surface area (Å²) in [6, 6.07) is 13.8. The van der Waals surface area contributed by atoms with Gasteiger partial charge in [0.15, 0.2) is 0 Å². The Kier molecular flexibility index (Phi) is 5.98. The molecule has 0 amide bonds. The second kappa shape index (κ2) is 8.69. The SMILES string of the molecule is COc1cccc(C(N2CCC(F)(F)CC2)C(O)(c2cccnc2)c2cccnc2)c1. The molecule has 1 atom stereocenters. The molecule has 1 aromatic carbocycles. The Morgan fingerprint density at radius 2 is 1.61 bits per heavy atom. The minimum absolute atomic E-state index is 0.151. The topological polar surface area (TPSA) is 58.5 Å². The highest BCUT2D eigenvalue weighted by Gasteiger charge is 2.47. The van der Waals surface area contributed by atoms with Crippen molar-refractivity contribution in [1.29, 1.82) is 0 Å². The van der Waals surface area contributed by atoms with Crippen LogP contribution >= 0.6 is 0 Å². The van der Waals surface area contributed by atoms with Crippen LogP contribution in [-0.2, 0) is 5.60 Å². The smallest absolute Gasteiger partial charge is 0.250 e. The standard InChI is InChI=1S/C24H25F2N3O2/c1-31-21-8-2-5-18(15-21)22(29-13-9-23(25,26)10-14-29)24(30,19-6-3-11-27-16-19)20-7-4-12-28-17-20/h2-8,11-12,15-17,22,30H,9-10,13-14H2,1H3. The zero-order valence-corrected chi connectivity index (χ0v) is 17.3. The number of methoxy groups -OCH3 is 1. The van der Waals surface area contributed by atoms with Gasteiger partial charge < -0.3 is 9.84 Å². The monoisotopic (exact) mass is 425 g/mol. The Morgan fingerprint density at radius 1 is 1.00 bits per heavy atom. The van der Waals surface area contributed by atoms with E-state index >= 15 is 0 Å². The third-order valence-electron chi connectivity index (χ3n) is 5.90. The van der Waals surface area contributed by atoms with Crippen LogP contribution in [0.2, 0.25) is 0 Å². The lowest BCUT2D eigenvalue weighted by molar-refractivity contribution is -0.0932. The molecule has 0 bridgehead atoms. The summed E-state index contributed by atoms with van der Waals surface area (Å²) < 4.78 is 33.4. The van der Waals surface area contributed by atoms with Gasteiger partial charge in [0.05, 0.1) is 13.2 Å². The number of benzene rings is 1. The first-order valence-corrected chi connectivity index (χ1v) is 10.2. The summed E-state index contributed by atoms with van der Waals surface area (Å²) in [5, 5.41) is 12.4. The summed E-state index contributed by atoms with van der Waals surface area (Å²) >= 11 is 0. The van der Waals surface area contributed by atoms with E-state index in [4.69, 9.17) is 4.74 Å². The third kappa shape index (κ3) is 4.29. The first kappa shape index (κ1) is 21.3. The molecule has 31 heavy (non-hydrogen) atoms. The fourth-order valence-corrected chi connectivity index (χ4v) is 4.30. The van der Waals surface area contributed by atoms with E-state index in [1.807, 2.05) is 29.2 Å².